The molecule has 1 aromatic carbocycles. The van der Waals surface area contributed by atoms with Gasteiger partial charge in [0.15, 0.2) is 11.5 Å². The Hall–Kier alpha value is -1.82. The van der Waals surface area contributed by atoms with E-state index in [9.17, 15) is 0 Å². The van der Waals surface area contributed by atoms with Crippen LogP contribution >= 0.6 is 12.2 Å². The number of methoxy groups -OCH3 is 2. The summed E-state index contributed by atoms with van der Waals surface area (Å²) < 4.78 is 16.1. The number of hydrogen-bond acceptors (Lipinski definition) is 5. The molecule has 0 aliphatic heterocycles. The maximum absolute atomic E-state index is 5.38. The number of rotatable bonds is 4. The molecular weight excluding hydrogens is 276 g/mol. The predicted octanol–water partition coefficient (Wildman–Crippen LogP) is 3.02. The lowest BCUT2D eigenvalue weighted by atomic mass is 9.97. The first-order valence-corrected chi connectivity index (χ1v) is 6.91. The molecule has 0 fully saturated rings. The Morgan fingerprint density at radius 2 is 2.10 bits per heavy atom. The van der Waals surface area contributed by atoms with Crippen LogP contribution in [0.2, 0.25) is 0 Å². The molecule has 0 amide bonds. The second-order valence-corrected chi connectivity index (χ2v) is 5.22. The van der Waals surface area contributed by atoms with Crippen LogP contribution in [0.3, 0.4) is 0 Å². The highest BCUT2D eigenvalue weighted by atomic mass is 32.1. The number of aromatic nitrogens is 2. The van der Waals surface area contributed by atoms with Crippen molar-refractivity contribution < 1.29 is 13.9 Å². The van der Waals surface area contributed by atoms with E-state index < -0.39 is 0 Å². The standard InChI is InChI=1S/C14H16N2O3S/c1-17-11-5-8-3-4-9(10(8)7-12(11)18-2)6-13-15-16-14(20)19-13/h5,7,9H,3-4,6H2,1-2H3,(H,16,20). The maximum Gasteiger partial charge on any atom is 0.284 e. The third-order valence-corrected chi connectivity index (χ3v) is 3.93. The number of H-pyrrole nitrogens is 1. The summed E-state index contributed by atoms with van der Waals surface area (Å²) in [5.74, 6) is 2.58. The minimum atomic E-state index is 0.325. The zero-order valence-electron chi connectivity index (χ0n) is 11.4. The molecule has 1 unspecified atom stereocenters. The number of aryl methyl sites for hydroxylation is 1. The van der Waals surface area contributed by atoms with E-state index in [0.29, 0.717) is 16.6 Å². The van der Waals surface area contributed by atoms with Crippen molar-refractivity contribution in [3.63, 3.8) is 0 Å². The summed E-state index contributed by atoms with van der Waals surface area (Å²) in [5, 5.41) is 6.74. The molecule has 1 heterocycles. The first kappa shape index (κ1) is 13.2. The van der Waals surface area contributed by atoms with Crippen molar-refractivity contribution in [2.24, 2.45) is 0 Å². The average molecular weight is 292 g/mol. The summed E-state index contributed by atoms with van der Waals surface area (Å²) in [6, 6.07) is 4.13. The normalized spacial score (nSPS) is 17.0. The minimum Gasteiger partial charge on any atom is -0.493 e. The molecule has 20 heavy (non-hydrogen) atoms. The smallest absolute Gasteiger partial charge is 0.284 e. The topological polar surface area (TPSA) is 60.3 Å². The number of ether oxygens (including phenoxy) is 2. The lowest BCUT2D eigenvalue weighted by Gasteiger charge is -2.13. The van der Waals surface area contributed by atoms with Gasteiger partial charge in [0.2, 0.25) is 5.89 Å². The van der Waals surface area contributed by atoms with Crippen LogP contribution in [0.5, 0.6) is 11.5 Å². The Morgan fingerprint density at radius 3 is 2.75 bits per heavy atom. The van der Waals surface area contributed by atoms with Crippen molar-refractivity contribution >= 4 is 12.2 Å². The molecule has 1 N–H and O–H groups in total. The predicted molar refractivity (Wildman–Crippen MR) is 76.0 cm³/mol. The monoisotopic (exact) mass is 292 g/mol. The molecule has 0 radical (unpaired) electrons. The van der Waals surface area contributed by atoms with Crippen LogP contribution in [-0.4, -0.2) is 24.4 Å². The second kappa shape index (κ2) is 5.28. The molecule has 0 bridgehead atoms. The van der Waals surface area contributed by atoms with Gasteiger partial charge in [-0.25, -0.2) is 5.10 Å². The highest BCUT2D eigenvalue weighted by Crippen LogP contribution is 2.41. The molecule has 0 saturated carbocycles. The van der Waals surface area contributed by atoms with Crippen LogP contribution in [0, 0.1) is 4.84 Å². The van der Waals surface area contributed by atoms with E-state index in [2.05, 4.69) is 22.3 Å². The highest BCUT2D eigenvalue weighted by Gasteiger charge is 2.26. The Morgan fingerprint density at radius 1 is 1.35 bits per heavy atom. The zero-order chi connectivity index (χ0) is 14.1. The van der Waals surface area contributed by atoms with Crippen molar-refractivity contribution in [2.45, 2.75) is 25.2 Å². The van der Waals surface area contributed by atoms with Crippen molar-refractivity contribution in [3.8, 4) is 11.5 Å². The number of aromatic amines is 1. The van der Waals surface area contributed by atoms with Gasteiger partial charge in [-0.3, -0.25) is 0 Å². The van der Waals surface area contributed by atoms with Crippen LogP contribution in [0.25, 0.3) is 0 Å². The third-order valence-electron chi connectivity index (χ3n) is 3.75. The van der Waals surface area contributed by atoms with Gasteiger partial charge in [0, 0.05) is 6.42 Å². The van der Waals surface area contributed by atoms with E-state index in [0.717, 1.165) is 30.8 Å². The maximum atomic E-state index is 5.38. The highest BCUT2D eigenvalue weighted by molar-refractivity contribution is 7.71. The lowest BCUT2D eigenvalue weighted by molar-refractivity contribution is 0.354. The van der Waals surface area contributed by atoms with E-state index in [1.165, 1.54) is 11.1 Å². The fourth-order valence-electron chi connectivity index (χ4n) is 2.79. The van der Waals surface area contributed by atoms with Crippen LogP contribution < -0.4 is 9.47 Å². The van der Waals surface area contributed by atoms with Gasteiger partial charge in [0.05, 0.1) is 14.2 Å². The summed E-state index contributed by atoms with van der Waals surface area (Å²) in [7, 11) is 3.31. The summed E-state index contributed by atoms with van der Waals surface area (Å²) in [6.45, 7) is 0. The molecule has 1 atom stereocenters. The van der Waals surface area contributed by atoms with Crippen molar-refractivity contribution in [1.29, 1.82) is 0 Å². The third kappa shape index (κ3) is 2.31. The number of nitrogens with one attached hydrogen (secondary N) is 1. The van der Waals surface area contributed by atoms with Gasteiger partial charge in [-0.15, -0.1) is 5.10 Å². The molecule has 5 nitrogen and oxygen atoms in total. The number of nitrogens with zero attached hydrogens (tertiary/aromatic N) is 1. The Kier molecular flexibility index (Phi) is 3.48. The van der Waals surface area contributed by atoms with Crippen molar-refractivity contribution in [2.75, 3.05) is 14.2 Å². The van der Waals surface area contributed by atoms with Gasteiger partial charge in [0.25, 0.3) is 4.84 Å². The van der Waals surface area contributed by atoms with E-state index in [1.54, 1.807) is 14.2 Å². The summed E-state index contributed by atoms with van der Waals surface area (Å²) >= 11 is 4.90. The second-order valence-electron chi connectivity index (χ2n) is 4.85. The van der Waals surface area contributed by atoms with Gasteiger partial charge in [-0.2, -0.15) is 0 Å². The molecule has 2 aromatic rings. The molecule has 6 heteroatoms. The van der Waals surface area contributed by atoms with Gasteiger partial charge in [0.1, 0.15) is 0 Å². The van der Waals surface area contributed by atoms with Crippen LogP contribution in [-0.2, 0) is 12.8 Å². The van der Waals surface area contributed by atoms with E-state index in [-0.39, 0.29) is 0 Å². The molecule has 1 aromatic heterocycles. The largest absolute Gasteiger partial charge is 0.493 e. The quantitative estimate of drug-likeness (QED) is 0.878. The van der Waals surface area contributed by atoms with E-state index >= 15 is 0 Å². The summed E-state index contributed by atoms with van der Waals surface area (Å²) in [4.78, 5) is 0.325. The fourth-order valence-corrected chi connectivity index (χ4v) is 2.93. The molecule has 1 aliphatic rings. The Bertz CT molecular complexity index is 677. The van der Waals surface area contributed by atoms with E-state index in [1.807, 2.05) is 0 Å². The summed E-state index contributed by atoms with van der Waals surface area (Å²) in [6.07, 6.45) is 2.85. The zero-order valence-corrected chi connectivity index (χ0v) is 12.3. The Balaban J connectivity index is 1.91. The molecular formula is C14H16N2O3S. The Labute approximate surface area is 121 Å². The van der Waals surface area contributed by atoms with Crippen LogP contribution in [0.4, 0.5) is 0 Å². The molecule has 106 valence electrons. The number of benzene rings is 1. The van der Waals surface area contributed by atoms with Crippen LogP contribution in [0.15, 0.2) is 16.5 Å². The van der Waals surface area contributed by atoms with Gasteiger partial charge in [-0.1, -0.05) is 0 Å². The van der Waals surface area contributed by atoms with Gasteiger partial charge >= 0.3 is 0 Å². The average Bonchev–Trinajstić information content (AvgIpc) is 3.04. The summed E-state index contributed by atoms with van der Waals surface area (Å²) in [5.41, 5.74) is 2.59. The van der Waals surface area contributed by atoms with E-state index in [4.69, 9.17) is 26.1 Å². The first-order chi connectivity index (χ1) is 9.71. The minimum absolute atomic E-state index is 0.325. The number of hydrogen-bond donors (Lipinski definition) is 1. The first-order valence-electron chi connectivity index (χ1n) is 6.50. The molecule has 0 saturated heterocycles. The number of fused-ring (bicyclic) bond motifs is 1. The SMILES string of the molecule is COc1cc2c(cc1OC)C(Cc1n[nH]c(=S)o1)CC2. The van der Waals surface area contributed by atoms with Crippen LogP contribution in [0.1, 0.15) is 29.4 Å². The van der Waals surface area contributed by atoms with Crippen molar-refractivity contribution in [1.82, 2.24) is 10.2 Å². The molecule has 3 rings (SSSR count). The molecule has 0 spiro atoms. The van der Waals surface area contributed by atoms with Gasteiger partial charge in [-0.05, 0) is 54.2 Å². The van der Waals surface area contributed by atoms with Crippen molar-refractivity contribution in [3.05, 3.63) is 34.0 Å². The fraction of sp³-hybridized carbons (Fsp3) is 0.429. The lowest BCUT2D eigenvalue weighted by Crippen LogP contribution is -2.00. The van der Waals surface area contributed by atoms with Gasteiger partial charge < -0.3 is 13.9 Å². The molecule has 1 aliphatic carbocycles.